The molecule has 0 spiro atoms. The van der Waals surface area contributed by atoms with Gasteiger partial charge in [0.25, 0.3) is 0 Å². The Morgan fingerprint density at radius 1 is 1.29 bits per heavy atom. The van der Waals surface area contributed by atoms with Crippen molar-refractivity contribution in [2.45, 2.75) is 32.5 Å². The molecule has 1 saturated carbocycles. The highest BCUT2D eigenvalue weighted by molar-refractivity contribution is 5.34. The van der Waals surface area contributed by atoms with Gasteiger partial charge in [0.05, 0.1) is 0 Å². The van der Waals surface area contributed by atoms with E-state index in [-0.39, 0.29) is 5.75 Å². The second kappa shape index (κ2) is 4.24. The first-order chi connectivity index (χ1) is 7.87. The van der Waals surface area contributed by atoms with Gasteiger partial charge in [0.2, 0.25) is 0 Å². The van der Waals surface area contributed by atoms with E-state index in [1.807, 2.05) is 6.07 Å². The van der Waals surface area contributed by atoms with E-state index in [0.717, 1.165) is 12.0 Å². The zero-order valence-electron chi connectivity index (χ0n) is 9.79. The molecule has 0 bridgehead atoms. The molecule has 94 valence electrons. The van der Waals surface area contributed by atoms with Gasteiger partial charge >= 0.3 is 6.36 Å². The van der Waals surface area contributed by atoms with E-state index < -0.39 is 6.36 Å². The summed E-state index contributed by atoms with van der Waals surface area (Å²) in [7, 11) is 0. The largest absolute Gasteiger partial charge is 0.573 e. The molecule has 0 aliphatic heterocycles. The highest BCUT2D eigenvalue weighted by atomic mass is 19.4. The third-order valence-electron chi connectivity index (χ3n) is 3.22. The summed E-state index contributed by atoms with van der Waals surface area (Å²) in [4.78, 5) is 0. The molecular weight excluding hydrogens is 229 g/mol. The summed E-state index contributed by atoms with van der Waals surface area (Å²) in [5, 5.41) is 0. The van der Waals surface area contributed by atoms with Crippen LogP contribution >= 0.6 is 0 Å². The molecule has 2 atom stereocenters. The minimum atomic E-state index is -4.61. The average molecular weight is 244 g/mol. The Hall–Kier alpha value is -1.19. The van der Waals surface area contributed by atoms with E-state index in [2.05, 4.69) is 18.6 Å². The van der Waals surface area contributed by atoms with E-state index in [0.29, 0.717) is 17.8 Å². The summed E-state index contributed by atoms with van der Waals surface area (Å²) in [5.74, 6) is 1.44. The van der Waals surface area contributed by atoms with Gasteiger partial charge in [-0.25, -0.2) is 0 Å². The van der Waals surface area contributed by atoms with Gasteiger partial charge in [-0.2, -0.15) is 0 Å². The van der Waals surface area contributed by atoms with Crippen LogP contribution in [0.4, 0.5) is 13.2 Å². The van der Waals surface area contributed by atoms with Crippen molar-refractivity contribution in [3.63, 3.8) is 0 Å². The molecule has 0 radical (unpaired) electrons. The fourth-order valence-electron chi connectivity index (χ4n) is 2.28. The van der Waals surface area contributed by atoms with Crippen molar-refractivity contribution in [3.05, 3.63) is 29.8 Å². The molecule has 2 rings (SSSR count). The number of halogens is 3. The Morgan fingerprint density at radius 3 is 2.53 bits per heavy atom. The minimum absolute atomic E-state index is 0.121. The van der Waals surface area contributed by atoms with E-state index >= 15 is 0 Å². The molecule has 1 fully saturated rings. The number of alkyl halides is 3. The van der Waals surface area contributed by atoms with E-state index in [9.17, 15) is 13.2 Å². The summed E-state index contributed by atoms with van der Waals surface area (Å²) in [6, 6.07) is 6.33. The van der Waals surface area contributed by atoms with Crippen LogP contribution in [-0.2, 0) is 0 Å². The zero-order valence-corrected chi connectivity index (χ0v) is 9.79. The Balaban J connectivity index is 2.08. The Bertz CT molecular complexity index is 398. The molecule has 1 aliphatic rings. The number of benzene rings is 1. The molecule has 0 unspecified atom stereocenters. The van der Waals surface area contributed by atoms with Crippen LogP contribution in [0.2, 0.25) is 0 Å². The molecule has 0 saturated heterocycles. The van der Waals surface area contributed by atoms with Gasteiger partial charge in [0, 0.05) is 0 Å². The molecule has 0 aromatic heterocycles. The van der Waals surface area contributed by atoms with Gasteiger partial charge < -0.3 is 4.74 Å². The predicted octanol–water partition coefficient (Wildman–Crippen LogP) is 4.34. The van der Waals surface area contributed by atoms with Crippen LogP contribution in [0.25, 0.3) is 0 Å². The van der Waals surface area contributed by atoms with Gasteiger partial charge in [-0.15, -0.1) is 13.2 Å². The first kappa shape index (κ1) is 12.3. The molecular formula is C13H15F3O. The van der Waals surface area contributed by atoms with Gasteiger partial charge in [0.15, 0.2) is 0 Å². The maximum atomic E-state index is 12.1. The molecule has 1 aromatic rings. The second-order valence-corrected chi connectivity index (χ2v) is 4.87. The highest BCUT2D eigenvalue weighted by Gasteiger charge is 2.40. The lowest BCUT2D eigenvalue weighted by molar-refractivity contribution is -0.274. The number of hydrogen-bond acceptors (Lipinski definition) is 1. The third kappa shape index (κ3) is 3.14. The van der Waals surface area contributed by atoms with Crippen LogP contribution in [0.15, 0.2) is 24.3 Å². The summed E-state index contributed by atoms with van der Waals surface area (Å²) in [6.45, 7) is 4.28. The Labute approximate surface area is 98.6 Å². The number of hydrogen-bond donors (Lipinski definition) is 0. The lowest BCUT2D eigenvalue weighted by Crippen LogP contribution is -2.17. The van der Waals surface area contributed by atoms with Crippen molar-refractivity contribution in [2.24, 2.45) is 11.8 Å². The molecule has 0 heterocycles. The van der Waals surface area contributed by atoms with Crippen LogP contribution in [0.5, 0.6) is 5.75 Å². The van der Waals surface area contributed by atoms with Crippen molar-refractivity contribution in [1.29, 1.82) is 0 Å². The minimum Gasteiger partial charge on any atom is -0.406 e. The number of ether oxygens (including phenoxy) is 1. The molecule has 4 heteroatoms. The molecule has 0 amide bonds. The SMILES string of the molecule is CC(C)[C@H]1C[C@@H]1c1cccc(OC(F)(F)F)c1. The lowest BCUT2D eigenvalue weighted by atomic mass is 10.0. The predicted molar refractivity (Wildman–Crippen MR) is 58.8 cm³/mol. The standard InChI is InChI=1S/C13H15F3O/c1-8(2)11-7-12(11)9-4-3-5-10(6-9)17-13(14,15)16/h3-6,8,11-12H,7H2,1-2H3/t11-,12-/m1/s1. The molecule has 17 heavy (non-hydrogen) atoms. The van der Waals surface area contributed by atoms with Crippen LogP contribution in [0.3, 0.4) is 0 Å². The van der Waals surface area contributed by atoms with E-state index in [1.54, 1.807) is 6.07 Å². The Kier molecular flexibility index (Phi) is 3.06. The van der Waals surface area contributed by atoms with Crippen molar-refractivity contribution in [1.82, 2.24) is 0 Å². The zero-order chi connectivity index (χ0) is 12.6. The first-order valence-corrected chi connectivity index (χ1v) is 5.72. The van der Waals surface area contributed by atoms with Crippen LogP contribution in [-0.4, -0.2) is 6.36 Å². The molecule has 1 aromatic carbocycles. The maximum Gasteiger partial charge on any atom is 0.573 e. The van der Waals surface area contributed by atoms with Crippen LogP contribution < -0.4 is 4.74 Å². The summed E-state index contributed by atoms with van der Waals surface area (Å²) >= 11 is 0. The summed E-state index contributed by atoms with van der Waals surface area (Å²) in [5.41, 5.74) is 0.949. The average Bonchev–Trinajstić information content (AvgIpc) is 2.94. The van der Waals surface area contributed by atoms with Crippen molar-refractivity contribution < 1.29 is 17.9 Å². The smallest absolute Gasteiger partial charge is 0.406 e. The van der Waals surface area contributed by atoms with Crippen molar-refractivity contribution in [2.75, 3.05) is 0 Å². The normalized spacial score (nSPS) is 23.9. The fourth-order valence-corrected chi connectivity index (χ4v) is 2.28. The van der Waals surface area contributed by atoms with Crippen molar-refractivity contribution in [3.8, 4) is 5.75 Å². The first-order valence-electron chi connectivity index (χ1n) is 5.72. The van der Waals surface area contributed by atoms with Crippen LogP contribution in [0.1, 0.15) is 31.7 Å². The quantitative estimate of drug-likeness (QED) is 0.768. The summed E-state index contributed by atoms with van der Waals surface area (Å²) < 4.78 is 40.1. The van der Waals surface area contributed by atoms with Gasteiger partial charge in [-0.05, 0) is 41.9 Å². The van der Waals surface area contributed by atoms with Gasteiger partial charge in [0.1, 0.15) is 5.75 Å². The van der Waals surface area contributed by atoms with E-state index in [1.165, 1.54) is 12.1 Å². The van der Waals surface area contributed by atoms with Gasteiger partial charge in [-0.1, -0.05) is 26.0 Å². The third-order valence-corrected chi connectivity index (χ3v) is 3.22. The van der Waals surface area contributed by atoms with Crippen molar-refractivity contribution >= 4 is 0 Å². The van der Waals surface area contributed by atoms with Gasteiger partial charge in [-0.3, -0.25) is 0 Å². The van der Waals surface area contributed by atoms with Crippen LogP contribution in [0, 0.1) is 11.8 Å². The Morgan fingerprint density at radius 2 is 2.00 bits per heavy atom. The fraction of sp³-hybridized carbons (Fsp3) is 0.538. The molecule has 0 N–H and O–H groups in total. The summed E-state index contributed by atoms with van der Waals surface area (Å²) in [6.07, 6.45) is -3.55. The highest BCUT2D eigenvalue weighted by Crippen LogP contribution is 2.52. The monoisotopic (exact) mass is 244 g/mol. The van der Waals surface area contributed by atoms with E-state index in [4.69, 9.17) is 0 Å². The number of rotatable bonds is 3. The lowest BCUT2D eigenvalue weighted by Gasteiger charge is -2.10. The second-order valence-electron chi connectivity index (χ2n) is 4.87. The maximum absolute atomic E-state index is 12.1. The molecule has 1 nitrogen and oxygen atoms in total. The molecule has 1 aliphatic carbocycles. The topological polar surface area (TPSA) is 9.23 Å².